The molecule has 1 N–H and O–H groups in total. The molecule has 104 valence electrons. The van der Waals surface area contributed by atoms with E-state index in [2.05, 4.69) is 42.5 Å². The summed E-state index contributed by atoms with van der Waals surface area (Å²) in [6, 6.07) is 22.8. The normalized spacial score (nSPS) is 16.0. The number of fused-ring (bicyclic) bond motifs is 1. The van der Waals surface area contributed by atoms with Gasteiger partial charge in [-0.15, -0.1) is 0 Å². The van der Waals surface area contributed by atoms with E-state index in [1.54, 1.807) is 0 Å². The number of benzene rings is 3. The first-order valence-electron chi connectivity index (χ1n) is 7.58. The molecule has 3 aromatic carbocycles. The van der Waals surface area contributed by atoms with Crippen molar-refractivity contribution in [2.24, 2.45) is 0 Å². The second-order valence-corrected chi connectivity index (χ2v) is 5.91. The van der Waals surface area contributed by atoms with Crippen molar-refractivity contribution in [1.29, 1.82) is 0 Å². The Balaban J connectivity index is 1.73. The van der Waals surface area contributed by atoms with Gasteiger partial charge in [0.25, 0.3) is 0 Å². The fourth-order valence-electron chi connectivity index (χ4n) is 3.04. The molecule has 1 nitrogen and oxygen atoms in total. The number of aliphatic hydroxyl groups is 1. The van der Waals surface area contributed by atoms with Crippen molar-refractivity contribution < 1.29 is 5.11 Å². The van der Waals surface area contributed by atoms with Crippen molar-refractivity contribution in [2.75, 3.05) is 0 Å². The Morgan fingerprint density at radius 2 is 1.52 bits per heavy atom. The molecule has 21 heavy (non-hydrogen) atoms. The van der Waals surface area contributed by atoms with Gasteiger partial charge in [0, 0.05) is 0 Å². The Bertz CT molecular complexity index is 764. The predicted octanol–water partition coefficient (Wildman–Crippen LogP) is 4.80. The lowest BCUT2D eigenvalue weighted by molar-refractivity contribution is 0.222. The van der Waals surface area contributed by atoms with Gasteiger partial charge < -0.3 is 5.11 Å². The highest BCUT2D eigenvalue weighted by atomic mass is 16.3. The Morgan fingerprint density at radius 3 is 2.29 bits per heavy atom. The summed E-state index contributed by atoms with van der Waals surface area (Å²) in [4.78, 5) is 0. The summed E-state index contributed by atoms with van der Waals surface area (Å²) in [5, 5.41) is 13.0. The zero-order chi connectivity index (χ0) is 14.2. The molecule has 1 atom stereocenters. The zero-order valence-electron chi connectivity index (χ0n) is 11.9. The lowest BCUT2D eigenvalue weighted by Crippen LogP contribution is -2.00. The highest BCUT2D eigenvalue weighted by Gasteiger charge is 2.23. The molecule has 0 bridgehead atoms. The fraction of sp³-hybridized carbons (Fsp3) is 0.200. The Labute approximate surface area is 124 Å². The lowest BCUT2D eigenvalue weighted by Gasteiger charge is -2.14. The van der Waals surface area contributed by atoms with E-state index in [9.17, 15) is 5.11 Å². The Hall–Kier alpha value is -2.12. The molecule has 1 fully saturated rings. The summed E-state index contributed by atoms with van der Waals surface area (Å²) in [5.41, 5.74) is 3.35. The monoisotopic (exact) mass is 274 g/mol. The fourth-order valence-corrected chi connectivity index (χ4v) is 3.04. The summed E-state index contributed by atoms with van der Waals surface area (Å²) < 4.78 is 0. The third-order valence-electron chi connectivity index (χ3n) is 4.42. The number of aliphatic hydroxyl groups excluding tert-OH is 1. The van der Waals surface area contributed by atoms with Crippen LogP contribution in [-0.2, 0) is 0 Å². The van der Waals surface area contributed by atoms with Crippen LogP contribution in [0.25, 0.3) is 10.8 Å². The first kappa shape index (κ1) is 12.6. The molecule has 0 spiro atoms. The standard InChI is InChI=1S/C20H18O/c21-20(17-12-10-15(11-13-17)14-8-9-14)19-7-3-5-16-4-1-2-6-18(16)19/h1-7,10-14,20-21H,8-9H2. The minimum atomic E-state index is -0.565. The van der Waals surface area contributed by atoms with Gasteiger partial charge in [-0.2, -0.15) is 0 Å². The van der Waals surface area contributed by atoms with E-state index in [0.29, 0.717) is 0 Å². The molecular weight excluding hydrogens is 256 g/mol. The topological polar surface area (TPSA) is 20.2 Å². The smallest absolute Gasteiger partial charge is 0.105 e. The van der Waals surface area contributed by atoms with E-state index in [-0.39, 0.29) is 0 Å². The Morgan fingerprint density at radius 1 is 0.810 bits per heavy atom. The van der Waals surface area contributed by atoms with Gasteiger partial charge in [-0.05, 0) is 46.2 Å². The van der Waals surface area contributed by atoms with Gasteiger partial charge in [0.05, 0.1) is 0 Å². The summed E-state index contributed by atoms with van der Waals surface area (Å²) in [6.45, 7) is 0. The minimum absolute atomic E-state index is 0.565. The average Bonchev–Trinajstić information content (AvgIpc) is 3.39. The van der Waals surface area contributed by atoms with E-state index in [4.69, 9.17) is 0 Å². The predicted molar refractivity (Wildman–Crippen MR) is 86.4 cm³/mol. The third-order valence-corrected chi connectivity index (χ3v) is 4.42. The molecule has 3 aromatic rings. The molecule has 0 radical (unpaired) electrons. The van der Waals surface area contributed by atoms with Crippen molar-refractivity contribution >= 4 is 10.8 Å². The molecule has 4 rings (SSSR count). The van der Waals surface area contributed by atoms with Crippen LogP contribution in [0, 0.1) is 0 Å². The lowest BCUT2D eigenvalue weighted by atomic mass is 9.95. The van der Waals surface area contributed by atoms with Crippen molar-refractivity contribution in [1.82, 2.24) is 0 Å². The maximum absolute atomic E-state index is 10.7. The average molecular weight is 274 g/mol. The van der Waals surface area contributed by atoms with E-state index in [1.165, 1.54) is 23.8 Å². The first-order valence-corrected chi connectivity index (χ1v) is 7.58. The first-order chi connectivity index (χ1) is 10.3. The molecule has 1 aliphatic rings. The van der Waals surface area contributed by atoms with Crippen LogP contribution in [0.4, 0.5) is 0 Å². The third kappa shape index (κ3) is 2.34. The zero-order valence-corrected chi connectivity index (χ0v) is 11.9. The van der Waals surface area contributed by atoms with Crippen LogP contribution in [0.15, 0.2) is 66.7 Å². The quantitative estimate of drug-likeness (QED) is 0.727. The van der Waals surface area contributed by atoms with Gasteiger partial charge in [-0.3, -0.25) is 0 Å². The molecule has 1 unspecified atom stereocenters. The summed E-state index contributed by atoms with van der Waals surface area (Å²) in [7, 11) is 0. The van der Waals surface area contributed by atoms with Crippen LogP contribution in [0.5, 0.6) is 0 Å². The molecule has 0 saturated heterocycles. The van der Waals surface area contributed by atoms with Crippen LogP contribution < -0.4 is 0 Å². The molecule has 0 aromatic heterocycles. The van der Waals surface area contributed by atoms with Gasteiger partial charge in [-0.1, -0.05) is 66.7 Å². The second kappa shape index (κ2) is 5.01. The van der Waals surface area contributed by atoms with Crippen molar-refractivity contribution in [2.45, 2.75) is 24.9 Å². The number of hydrogen-bond donors (Lipinski definition) is 1. The van der Waals surface area contributed by atoms with Crippen LogP contribution in [0.2, 0.25) is 0 Å². The van der Waals surface area contributed by atoms with Gasteiger partial charge >= 0.3 is 0 Å². The van der Waals surface area contributed by atoms with Gasteiger partial charge in [0.2, 0.25) is 0 Å². The molecule has 1 aliphatic carbocycles. The molecule has 0 amide bonds. The molecule has 0 heterocycles. The van der Waals surface area contributed by atoms with Gasteiger partial charge in [0.15, 0.2) is 0 Å². The van der Waals surface area contributed by atoms with Crippen molar-refractivity contribution in [3.8, 4) is 0 Å². The molecule has 1 heteroatoms. The Kier molecular flexibility index (Phi) is 3.01. The maximum Gasteiger partial charge on any atom is 0.105 e. The van der Waals surface area contributed by atoms with Crippen LogP contribution in [0.3, 0.4) is 0 Å². The van der Waals surface area contributed by atoms with E-state index in [0.717, 1.165) is 22.4 Å². The summed E-state index contributed by atoms with van der Waals surface area (Å²) in [5.74, 6) is 0.758. The van der Waals surface area contributed by atoms with Crippen molar-refractivity contribution in [3.05, 3.63) is 83.4 Å². The van der Waals surface area contributed by atoms with Gasteiger partial charge in [0.1, 0.15) is 6.10 Å². The van der Waals surface area contributed by atoms with E-state index >= 15 is 0 Å². The number of hydrogen-bond acceptors (Lipinski definition) is 1. The molecule has 1 saturated carbocycles. The van der Waals surface area contributed by atoms with Crippen LogP contribution >= 0.6 is 0 Å². The summed E-state index contributed by atoms with van der Waals surface area (Å²) in [6.07, 6.45) is 2.06. The second-order valence-electron chi connectivity index (χ2n) is 5.91. The molecular formula is C20H18O. The van der Waals surface area contributed by atoms with Crippen LogP contribution in [-0.4, -0.2) is 5.11 Å². The van der Waals surface area contributed by atoms with Crippen LogP contribution in [0.1, 0.15) is 41.6 Å². The van der Waals surface area contributed by atoms with Gasteiger partial charge in [-0.25, -0.2) is 0 Å². The number of rotatable bonds is 3. The SMILES string of the molecule is OC(c1ccc(C2CC2)cc1)c1cccc2ccccc12. The largest absolute Gasteiger partial charge is 0.384 e. The van der Waals surface area contributed by atoms with E-state index < -0.39 is 6.10 Å². The maximum atomic E-state index is 10.7. The summed E-state index contributed by atoms with van der Waals surface area (Å²) >= 11 is 0. The highest BCUT2D eigenvalue weighted by Crippen LogP contribution is 2.40. The molecule has 0 aliphatic heterocycles. The minimum Gasteiger partial charge on any atom is -0.384 e. The highest BCUT2D eigenvalue weighted by molar-refractivity contribution is 5.86. The van der Waals surface area contributed by atoms with E-state index in [1.807, 2.05) is 24.3 Å². The van der Waals surface area contributed by atoms with Crippen molar-refractivity contribution in [3.63, 3.8) is 0 Å².